The number of nitrogens with one attached hydrogen (secondary N) is 1. The van der Waals surface area contributed by atoms with E-state index in [1.54, 1.807) is 19.3 Å². The molecule has 0 amide bonds. The predicted molar refractivity (Wildman–Crippen MR) is 71.3 cm³/mol. The standard InChI is InChI=1S/C15H15FN2O/c1-11(18-10-12-6-8-17-9-7-12)15(19)13-2-4-14(16)5-3-13/h2-9,11,18H,10H2,1H3. The highest BCUT2D eigenvalue weighted by molar-refractivity contribution is 5.99. The van der Waals surface area contributed by atoms with E-state index < -0.39 is 0 Å². The fourth-order valence-electron chi connectivity index (χ4n) is 1.73. The third-order valence-electron chi connectivity index (χ3n) is 2.88. The number of halogens is 1. The summed E-state index contributed by atoms with van der Waals surface area (Å²) in [5.41, 5.74) is 1.57. The Morgan fingerprint density at radius 3 is 2.47 bits per heavy atom. The van der Waals surface area contributed by atoms with Crippen LogP contribution >= 0.6 is 0 Å². The Morgan fingerprint density at radius 1 is 1.21 bits per heavy atom. The molecule has 0 aliphatic heterocycles. The summed E-state index contributed by atoms with van der Waals surface area (Å²) in [6.07, 6.45) is 3.42. The quantitative estimate of drug-likeness (QED) is 0.838. The molecule has 0 saturated carbocycles. The van der Waals surface area contributed by atoms with Crippen LogP contribution in [0, 0.1) is 5.82 Å². The van der Waals surface area contributed by atoms with Gasteiger partial charge >= 0.3 is 0 Å². The molecule has 1 aromatic carbocycles. The summed E-state index contributed by atoms with van der Waals surface area (Å²) < 4.78 is 12.8. The summed E-state index contributed by atoms with van der Waals surface area (Å²) in [5.74, 6) is -0.386. The smallest absolute Gasteiger partial charge is 0.179 e. The molecule has 0 spiro atoms. The number of aromatic nitrogens is 1. The molecule has 2 aromatic rings. The summed E-state index contributed by atoms with van der Waals surface area (Å²) in [5, 5.41) is 3.14. The lowest BCUT2D eigenvalue weighted by Gasteiger charge is -2.12. The van der Waals surface area contributed by atoms with Gasteiger partial charge in [0.1, 0.15) is 5.82 Å². The molecule has 0 aliphatic rings. The largest absolute Gasteiger partial charge is 0.303 e. The number of nitrogens with zero attached hydrogens (tertiary/aromatic N) is 1. The molecule has 1 unspecified atom stereocenters. The van der Waals surface area contributed by atoms with Gasteiger partial charge in [0.15, 0.2) is 5.78 Å². The Hall–Kier alpha value is -2.07. The second kappa shape index (κ2) is 6.20. The van der Waals surface area contributed by atoms with E-state index in [4.69, 9.17) is 0 Å². The Balaban J connectivity index is 1.94. The topological polar surface area (TPSA) is 42.0 Å². The summed E-state index contributed by atoms with van der Waals surface area (Å²) in [7, 11) is 0. The summed E-state index contributed by atoms with van der Waals surface area (Å²) in [6, 6.07) is 9.05. The van der Waals surface area contributed by atoms with Crippen molar-refractivity contribution in [1.29, 1.82) is 0 Å². The highest BCUT2D eigenvalue weighted by atomic mass is 19.1. The lowest BCUT2D eigenvalue weighted by molar-refractivity contribution is 0.0950. The molecule has 1 atom stereocenters. The highest BCUT2D eigenvalue weighted by Crippen LogP contribution is 2.06. The van der Waals surface area contributed by atoms with E-state index in [0.717, 1.165) is 5.56 Å². The second-order valence-corrected chi connectivity index (χ2v) is 4.33. The van der Waals surface area contributed by atoms with Crippen molar-refractivity contribution in [3.8, 4) is 0 Å². The average molecular weight is 258 g/mol. The van der Waals surface area contributed by atoms with E-state index in [9.17, 15) is 9.18 Å². The van der Waals surface area contributed by atoms with Crippen molar-refractivity contribution in [1.82, 2.24) is 10.3 Å². The number of ketones is 1. The van der Waals surface area contributed by atoms with E-state index in [2.05, 4.69) is 10.3 Å². The lowest BCUT2D eigenvalue weighted by atomic mass is 10.1. The zero-order valence-corrected chi connectivity index (χ0v) is 10.6. The van der Waals surface area contributed by atoms with Gasteiger partial charge in [-0.3, -0.25) is 9.78 Å². The van der Waals surface area contributed by atoms with E-state index in [0.29, 0.717) is 12.1 Å². The maximum absolute atomic E-state index is 12.8. The molecule has 98 valence electrons. The highest BCUT2D eigenvalue weighted by Gasteiger charge is 2.14. The van der Waals surface area contributed by atoms with Crippen molar-refractivity contribution in [2.75, 3.05) is 0 Å². The third kappa shape index (κ3) is 3.69. The monoisotopic (exact) mass is 258 g/mol. The Morgan fingerprint density at radius 2 is 1.84 bits per heavy atom. The molecule has 1 N–H and O–H groups in total. The Labute approximate surface area is 111 Å². The van der Waals surface area contributed by atoms with E-state index in [1.165, 1.54) is 24.3 Å². The van der Waals surface area contributed by atoms with Gasteiger partial charge in [0.25, 0.3) is 0 Å². The van der Waals surface area contributed by atoms with Gasteiger partial charge in [-0.2, -0.15) is 0 Å². The SMILES string of the molecule is CC(NCc1ccncc1)C(=O)c1ccc(F)cc1. The number of carbonyl (C=O) groups is 1. The zero-order chi connectivity index (χ0) is 13.7. The van der Waals surface area contributed by atoms with Crippen LogP contribution in [0.4, 0.5) is 4.39 Å². The average Bonchev–Trinajstić information content (AvgIpc) is 2.46. The minimum atomic E-state index is -0.339. The van der Waals surface area contributed by atoms with Crippen molar-refractivity contribution >= 4 is 5.78 Å². The van der Waals surface area contributed by atoms with E-state index >= 15 is 0 Å². The van der Waals surface area contributed by atoms with Crippen LogP contribution < -0.4 is 5.32 Å². The number of benzene rings is 1. The lowest BCUT2D eigenvalue weighted by Crippen LogP contribution is -2.33. The zero-order valence-electron chi connectivity index (χ0n) is 10.6. The molecule has 19 heavy (non-hydrogen) atoms. The van der Waals surface area contributed by atoms with Gasteiger partial charge in [-0.1, -0.05) is 0 Å². The second-order valence-electron chi connectivity index (χ2n) is 4.33. The predicted octanol–water partition coefficient (Wildman–Crippen LogP) is 2.58. The van der Waals surface area contributed by atoms with Crippen molar-refractivity contribution < 1.29 is 9.18 Å². The van der Waals surface area contributed by atoms with Gasteiger partial charge < -0.3 is 5.32 Å². The molecule has 0 aliphatic carbocycles. The molecule has 0 saturated heterocycles. The molecule has 0 radical (unpaired) electrons. The number of rotatable bonds is 5. The third-order valence-corrected chi connectivity index (χ3v) is 2.88. The maximum atomic E-state index is 12.8. The molecule has 1 heterocycles. The van der Waals surface area contributed by atoms with E-state index in [1.807, 2.05) is 12.1 Å². The van der Waals surface area contributed by atoms with Gasteiger partial charge in [-0.05, 0) is 48.9 Å². The number of Topliss-reactive ketones (excluding diaryl/α,β-unsaturated/α-hetero) is 1. The van der Waals surface area contributed by atoms with Crippen LogP contribution in [-0.2, 0) is 6.54 Å². The fourth-order valence-corrected chi connectivity index (χ4v) is 1.73. The fraction of sp³-hybridized carbons (Fsp3) is 0.200. The Kier molecular flexibility index (Phi) is 4.36. The first-order chi connectivity index (χ1) is 9.16. The minimum Gasteiger partial charge on any atom is -0.303 e. The Bertz CT molecular complexity index is 540. The number of hydrogen-bond donors (Lipinski definition) is 1. The molecule has 1 aromatic heterocycles. The van der Waals surface area contributed by atoms with Gasteiger partial charge in [0.2, 0.25) is 0 Å². The number of carbonyl (C=O) groups excluding carboxylic acids is 1. The maximum Gasteiger partial charge on any atom is 0.179 e. The van der Waals surface area contributed by atoms with Crippen LogP contribution in [0.15, 0.2) is 48.8 Å². The van der Waals surface area contributed by atoms with Gasteiger partial charge in [0.05, 0.1) is 6.04 Å². The van der Waals surface area contributed by atoms with Crippen LogP contribution in [0.2, 0.25) is 0 Å². The normalized spacial score (nSPS) is 12.1. The van der Waals surface area contributed by atoms with Crippen LogP contribution in [0.3, 0.4) is 0 Å². The van der Waals surface area contributed by atoms with Crippen molar-refractivity contribution in [3.05, 3.63) is 65.7 Å². The van der Waals surface area contributed by atoms with Crippen molar-refractivity contribution in [3.63, 3.8) is 0 Å². The van der Waals surface area contributed by atoms with E-state index in [-0.39, 0.29) is 17.6 Å². The van der Waals surface area contributed by atoms with Crippen LogP contribution in [-0.4, -0.2) is 16.8 Å². The summed E-state index contributed by atoms with van der Waals surface area (Å²) in [6.45, 7) is 2.39. The van der Waals surface area contributed by atoms with Gasteiger partial charge in [-0.15, -0.1) is 0 Å². The van der Waals surface area contributed by atoms with Crippen LogP contribution in [0.1, 0.15) is 22.8 Å². The van der Waals surface area contributed by atoms with Crippen molar-refractivity contribution in [2.24, 2.45) is 0 Å². The minimum absolute atomic E-state index is 0.0472. The van der Waals surface area contributed by atoms with Crippen LogP contribution in [0.5, 0.6) is 0 Å². The summed E-state index contributed by atoms with van der Waals surface area (Å²) >= 11 is 0. The van der Waals surface area contributed by atoms with Crippen LogP contribution in [0.25, 0.3) is 0 Å². The summed E-state index contributed by atoms with van der Waals surface area (Å²) in [4.78, 5) is 16.0. The molecule has 0 bridgehead atoms. The number of pyridine rings is 1. The molecular formula is C15H15FN2O. The molecule has 4 heteroatoms. The molecular weight excluding hydrogens is 243 g/mol. The van der Waals surface area contributed by atoms with Gasteiger partial charge in [-0.25, -0.2) is 4.39 Å². The molecule has 0 fully saturated rings. The molecule has 2 rings (SSSR count). The first-order valence-electron chi connectivity index (χ1n) is 6.09. The number of hydrogen-bond acceptors (Lipinski definition) is 3. The molecule has 3 nitrogen and oxygen atoms in total. The van der Waals surface area contributed by atoms with Gasteiger partial charge in [0, 0.05) is 24.5 Å². The first-order valence-corrected chi connectivity index (χ1v) is 6.09. The van der Waals surface area contributed by atoms with Crippen molar-refractivity contribution in [2.45, 2.75) is 19.5 Å². The first kappa shape index (κ1) is 13.4.